The number of amides is 1. The van der Waals surface area contributed by atoms with E-state index in [1.165, 1.54) is 6.07 Å². The molecular weight excluding hydrogens is 245 g/mol. The molecule has 2 rings (SSSR count). The number of aryl methyl sites for hydroxylation is 1. The quantitative estimate of drug-likeness (QED) is 0.888. The van der Waals surface area contributed by atoms with E-state index >= 15 is 0 Å². The Labute approximate surface area is 113 Å². The maximum atomic E-state index is 13.4. The maximum absolute atomic E-state index is 13.4. The lowest BCUT2D eigenvalue weighted by Crippen LogP contribution is -2.40. The first-order valence-corrected chi connectivity index (χ1v) is 6.81. The van der Waals surface area contributed by atoms with E-state index in [1.54, 1.807) is 18.2 Å². The Hall–Kier alpha value is -1.42. The molecule has 19 heavy (non-hydrogen) atoms. The average molecular weight is 265 g/mol. The first-order valence-electron chi connectivity index (χ1n) is 6.81. The highest BCUT2D eigenvalue weighted by molar-refractivity contribution is 5.76. The van der Waals surface area contributed by atoms with Crippen molar-refractivity contribution in [3.05, 3.63) is 35.6 Å². The van der Waals surface area contributed by atoms with Gasteiger partial charge in [-0.1, -0.05) is 18.2 Å². The minimum absolute atomic E-state index is 0.0237. The molecule has 1 aromatic rings. The van der Waals surface area contributed by atoms with Crippen LogP contribution in [-0.2, 0) is 16.0 Å². The maximum Gasteiger partial charge on any atom is 0.220 e. The van der Waals surface area contributed by atoms with Crippen LogP contribution in [-0.4, -0.2) is 24.7 Å². The van der Waals surface area contributed by atoms with Crippen molar-refractivity contribution < 1.29 is 13.9 Å². The van der Waals surface area contributed by atoms with Gasteiger partial charge in [0.25, 0.3) is 0 Å². The van der Waals surface area contributed by atoms with Gasteiger partial charge in [-0.05, 0) is 37.8 Å². The monoisotopic (exact) mass is 265 g/mol. The molecule has 1 N–H and O–H groups in total. The van der Waals surface area contributed by atoms with Crippen LogP contribution in [0.4, 0.5) is 4.39 Å². The van der Waals surface area contributed by atoms with Crippen LogP contribution >= 0.6 is 0 Å². The van der Waals surface area contributed by atoms with Gasteiger partial charge in [0.2, 0.25) is 5.91 Å². The Morgan fingerprint density at radius 2 is 2.32 bits per heavy atom. The van der Waals surface area contributed by atoms with Crippen molar-refractivity contribution in [2.24, 2.45) is 0 Å². The molecule has 1 amide bonds. The Bertz CT molecular complexity index is 430. The minimum Gasteiger partial charge on any atom is -0.376 e. The normalized spacial score (nSPS) is 20.2. The summed E-state index contributed by atoms with van der Waals surface area (Å²) in [5.74, 6) is -0.297. The molecule has 1 aromatic carbocycles. The number of ether oxygens (including phenoxy) is 1. The predicted octanol–water partition coefficient (Wildman–Crippen LogP) is 2.44. The highest BCUT2D eigenvalue weighted by Crippen LogP contribution is 2.15. The first kappa shape index (κ1) is 14.0. The number of nitrogens with one attached hydrogen (secondary N) is 1. The molecule has 4 heteroatoms. The third-order valence-electron chi connectivity index (χ3n) is 3.49. The Morgan fingerprint density at radius 1 is 1.53 bits per heavy atom. The van der Waals surface area contributed by atoms with Gasteiger partial charge in [0, 0.05) is 13.0 Å². The molecule has 0 aliphatic carbocycles. The van der Waals surface area contributed by atoms with E-state index in [0.717, 1.165) is 19.4 Å². The SMILES string of the molecule is C[C@@H](NC(=O)CCc1ccccc1F)[C@@H]1CCCO1. The highest BCUT2D eigenvalue weighted by atomic mass is 19.1. The fourth-order valence-corrected chi connectivity index (χ4v) is 2.37. The van der Waals surface area contributed by atoms with Crippen molar-refractivity contribution in [2.45, 2.75) is 44.8 Å². The largest absolute Gasteiger partial charge is 0.376 e. The van der Waals surface area contributed by atoms with Gasteiger partial charge in [0.05, 0.1) is 12.1 Å². The number of carbonyl (C=O) groups excluding carboxylic acids is 1. The lowest BCUT2D eigenvalue weighted by molar-refractivity contribution is -0.122. The molecule has 0 bridgehead atoms. The van der Waals surface area contributed by atoms with Crippen molar-refractivity contribution in [2.75, 3.05) is 6.61 Å². The van der Waals surface area contributed by atoms with E-state index in [1.807, 2.05) is 6.92 Å². The number of halogens is 1. The Balaban J connectivity index is 1.77. The number of hydrogen-bond acceptors (Lipinski definition) is 2. The zero-order chi connectivity index (χ0) is 13.7. The van der Waals surface area contributed by atoms with E-state index in [2.05, 4.69) is 5.32 Å². The lowest BCUT2D eigenvalue weighted by atomic mass is 10.1. The van der Waals surface area contributed by atoms with Gasteiger partial charge in [-0.2, -0.15) is 0 Å². The second-order valence-electron chi connectivity index (χ2n) is 5.00. The van der Waals surface area contributed by atoms with Gasteiger partial charge in [0.1, 0.15) is 5.82 Å². The topological polar surface area (TPSA) is 38.3 Å². The van der Waals surface area contributed by atoms with Crippen LogP contribution in [0.25, 0.3) is 0 Å². The van der Waals surface area contributed by atoms with Gasteiger partial charge >= 0.3 is 0 Å². The van der Waals surface area contributed by atoms with Gasteiger partial charge in [0.15, 0.2) is 0 Å². The number of rotatable bonds is 5. The first-order chi connectivity index (χ1) is 9.16. The molecule has 3 nitrogen and oxygen atoms in total. The summed E-state index contributed by atoms with van der Waals surface area (Å²) >= 11 is 0. The van der Waals surface area contributed by atoms with Gasteiger partial charge in [-0.25, -0.2) is 4.39 Å². The van der Waals surface area contributed by atoms with Crippen molar-refractivity contribution in [3.63, 3.8) is 0 Å². The van der Waals surface area contributed by atoms with Crippen molar-refractivity contribution >= 4 is 5.91 Å². The summed E-state index contributed by atoms with van der Waals surface area (Å²) in [7, 11) is 0. The summed E-state index contributed by atoms with van der Waals surface area (Å²) < 4.78 is 18.9. The molecule has 1 aliphatic heterocycles. The van der Waals surface area contributed by atoms with E-state index in [4.69, 9.17) is 4.74 Å². The van der Waals surface area contributed by atoms with Crippen LogP contribution in [0.1, 0.15) is 31.7 Å². The minimum atomic E-state index is -0.248. The summed E-state index contributed by atoms with van der Waals surface area (Å²) in [6.45, 7) is 2.73. The molecule has 0 unspecified atom stereocenters. The van der Waals surface area contributed by atoms with Crippen molar-refractivity contribution in [3.8, 4) is 0 Å². The molecule has 1 saturated heterocycles. The predicted molar refractivity (Wildman–Crippen MR) is 71.3 cm³/mol. The molecule has 2 atom stereocenters. The van der Waals surface area contributed by atoms with Crippen LogP contribution in [0.2, 0.25) is 0 Å². The number of benzene rings is 1. The van der Waals surface area contributed by atoms with Gasteiger partial charge in [-0.3, -0.25) is 4.79 Å². The standard InChI is InChI=1S/C15H20FNO2/c1-11(14-7-4-10-19-14)17-15(18)9-8-12-5-2-3-6-13(12)16/h2-3,5-6,11,14H,4,7-10H2,1H3,(H,17,18)/t11-,14+/m1/s1. The highest BCUT2D eigenvalue weighted by Gasteiger charge is 2.23. The average Bonchev–Trinajstić information content (AvgIpc) is 2.91. The van der Waals surface area contributed by atoms with Crippen LogP contribution < -0.4 is 5.32 Å². The smallest absolute Gasteiger partial charge is 0.220 e. The lowest BCUT2D eigenvalue weighted by Gasteiger charge is -2.19. The van der Waals surface area contributed by atoms with E-state index in [-0.39, 0.29) is 23.9 Å². The Kier molecular flexibility index (Phi) is 4.91. The van der Waals surface area contributed by atoms with Crippen molar-refractivity contribution in [1.29, 1.82) is 0 Å². The van der Waals surface area contributed by atoms with Crippen molar-refractivity contribution in [1.82, 2.24) is 5.32 Å². The van der Waals surface area contributed by atoms with E-state index in [9.17, 15) is 9.18 Å². The van der Waals surface area contributed by atoms with E-state index < -0.39 is 0 Å². The van der Waals surface area contributed by atoms with Gasteiger partial charge in [-0.15, -0.1) is 0 Å². The Morgan fingerprint density at radius 3 is 3.00 bits per heavy atom. The molecule has 1 aliphatic rings. The fourth-order valence-electron chi connectivity index (χ4n) is 2.37. The molecule has 0 spiro atoms. The second-order valence-corrected chi connectivity index (χ2v) is 5.00. The third-order valence-corrected chi connectivity index (χ3v) is 3.49. The zero-order valence-corrected chi connectivity index (χ0v) is 11.2. The zero-order valence-electron chi connectivity index (χ0n) is 11.2. The summed E-state index contributed by atoms with van der Waals surface area (Å²) in [4.78, 5) is 11.8. The summed E-state index contributed by atoms with van der Waals surface area (Å²) in [6.07, 6.45) is 2.90. The third kappa shape index (κ3) is 4.03. The molecule has 104 valence electrons. The molecule has 0 radical (unpaired) electrons. The molecule has 0 aromatic heterocycles. The summed E-state index contributed by atoms with van der Waals surface area (Å²) in [5.41, 5.74) is 0.586. The molecule has 0 saturated carbocycles. The van der Waals surface area contributed by atoms with Crippen LogP contribution in [0.5, 0.6) is 0 Å². The summed E-state index contributed by atoms with van der Waals surface area (Å²) in [5, 5.41) is 2.93. The number of carbonyl (C=O) groups is 1. The van der Waals surface area contributed by atoms with Crippen LogP contribution in [0.15, 0.2) is 24.3 Å². The fraction of sp³-hybridized carbons (Fsp3) is 0.533. The van der Waals surface area contributed by atoms with Gasteiger partial charge < -0.3 is 10.1 Å². The van der Waals surface area contributed by atoms with E-state index in [0.29, 0.717) is 18.4 Å². The second kappa shape index (κ2) is 6.66. The molecule has 1 fully saturated rings. The summed E-state index contributed by atoms with van der Waals surface area (Å²) in [6, 6.07) is 6.59. The molecule has 1 heterocycles. The number of hydrogen-bond donors (Lipinski definition) is 1. The van der Waals surface area contributed by atoms with Crippen LogP contribution in [0.3, 0.4) is 0 Å². The van der Waals surface area contributed by atoms with Crippen LogP contribution in [0, 0.1) is 5.82 Å². The molecular formula is C15H20FNO2.